The molecule has 0 amide bonds. The van der Waals surface area contributed by atoms with Gasteiger partial charge >= 0.3 is 6.36 Å². The SMILES string of the molecule is CC(NCCCS(C)=O)c1ccc(OC(F)(F)F)cc1. The summed E-state index contributed by atoms with van der Waals surface area (Å²) in [5, 5.41) is 3.22. The third-order valence-electron chi connectivity index (χ3n) is 2.67. The summed E-state index contributed by atoms with van der Waals surface area (Å²) in [6.45, 7) is 2.63. The molecule has 0 bridgehead atoms. The summed E-state index contributed by atoms with van der Waals surface area (Å²) in [6.07, 6.45) is -2.22. The number of benzene rings is 1. The van der Waals surface area contributed by atoms with Gasteiger partial charge in [-0.3, -0.25) is 4.21 Å². The monoisotopic (exact) mass is 309 g/mol. The highest BCUT2D eigenvalue weighted by Gasteiger charge is 2.30. The molecular weight excluding hydrogens is 291 g/mol. The lowest BCUT2D eigenvalue weighted by molar-refractivity contribution is -0.274. The van der Waals surface area contributed by atoms with Gasteiger partial charge in [-0.1, -0.05) is 12.1 Å². The van der Waals surface area contributed by atoms with Gasteiger partial charge in [0.1, 0.15) is 5.75 Å². The molecule has 3 nitrogen and oxygen atoms in total. The van der Waals surface area contributed by atoms with E-state index < -0.39 is 17.2 Å². The van der Waals surface area contributed by atoms with Gasteiger partial charge in [0, 0.05) is 28.9 Å². The van der Waals surface area contributed by atoms with Crippen LogP contribution in [0.5, 0.6) is 5.75 Å². The van der Waals surface area contributed by atoms with Crippen LogP contribution in [0.4, 0.5) is 13.2 Å². The molecule has 2 unspecified atom stereocenters. The van der Waals surface area contributed by atoms with E-state index in [1.807, 2.05) is 6.92 Å². The number of nitrogens with one attached hydrogen (secondary N) is 1. The predicted molar refractivity (Wildman–Crippen MR) is 73.1 cm³/mol. The molecule has 0 fully saturated rings. The van der Waals surface area contributed by atoms with Crippen LogP contribution in [-0.2, 0) is 10.8 Å². The van der Waals surface area contributed by atoms with Gasteiger partial charge in [-0.25, -0.2) is 0 Å². The highest BCUT2D eigenvalue weighted by atomic mass is 32.2. The van der Waals surface area contributed by atoms with Crippen molar-refractivity contribution in [3.05, 3.63) is 29.8 Å². The van der Waals surface area contributed by atoms with Gasteiger partial charge in [0.2, 0.25) is 0 Å². The van der Waals surface area contributed by atoms with E-state index in [-0.39, 0.29) is 11.8 Å². The highest BCUT2D eigenvalue weighted by Crippen LogP contribution is 2.24. The number of alkyl halides is 3. The zero-order valence-electron chi connectivity index (χ0n) is 11.4. The molecule has 20 heavy (non-hydrogen) atoms. The maximum Gasteiger partial charge on any atom is 0.573 e. The van der Waals surface area contributed by atoms with Crippen molar-refractivity contribution in [2.75, 3.05) is 18.6 Å². The van der Waals surface area contributed by atoms with Crippen molar-refractivity contribution >= 4 is 10.8 Å². The van der Waals surface area contributed by atoms with Gasteiger partial charge in [0.05, 0.1) is 0 Å². The van der Waals surface area contributed by atoms with Crippen molar-refractivity contribution in [1.29, 1.82) is 0 Å². The Balaban J connectivity index is 2.45. The molecule has 0 spiro atoms. The van der Waals surface area contributed by atoms with Gasteiger partial charge in [-0.05, 0) is 37.6 Å². The quantitative estimate of drug-likeness (QED) is 0.787. The van der Waals surface area contributed by atoms with Crippen LogP contribution in [0, 0.1) is 0 Å². The molecule has 0 heterocycles. The molecule has 1 N–H and O–H groups in total. The minimum atomic E-state index is -4.67. The second-order valence-corrected chi connectivity index (χ2v) is 5.98. The van der Waals surface area contributed by atoms with Gasteiger partial charge in [-0.15, -0.1) is 13.2 Å². The third kappa shape index (κ3) is 6.91. The predicted octanol–water partition coefficient (Wildman–Crippen LogP) is 3.00. The van der Waals surface area contributed by atoms with E-state index in [1.165, 1.54) is 12.1 Å². The van der Waals surface area contributed by atoms with E-state index in [2.05, 4.69) is 10.1 Å². The molecule has 0 saturated heterocycles. The number of hydrogen-bond acceptors (Lipinski definition) is 3. The fraction of sp³-hybridized carbons (Fsp3) is 0.538. The summed E-state index contributed by atoms with van der Waals surface area (Å²) in [7, 11) is -0.801. The summed E-state index contributed by atoms with van der Waals surface area (Å²) in [5.74, 6) is 0.410. The number of rotatable bonds is 7. The first kappa shape index (κ1) is 17.0. The van der Waals surface area contributed by atoms with Crippen molar-refractivity contribution in [1.82, 2.24) is 5.32 Å². The number of halogens is 3. The minimum absolute atomic E-state index is 0.0141. The van der Waals surface area contributed by atoms with Gasteiger partial charge < -0.3 is 10.1 Å². The molecule has 7 heteroatoms. The maximum absolute atomic E-state index is 12.0. The largest absolute Gasteiger partial charge is 0.573 e. The Hall–Kier alpha value is -1.08. The second kappa shape index (κ2) is 7.64. The summed E-state index contributed by atoms with van der Waals surface area (Å²) < 4.78 is 50.7. The third-order valence-corrected chi connectivity index (χ3v) is 3.54. The van der Waals surface area contributed by atoms with Crippen LogP contribution in [0.25, 0.3) is 0 Å². The Morgan fingerprint density at radius 3 is 2.40 bits per heavy atom. The highest BCUT2D eigenvalue weighted by molar-refractivity contribution is 7.84. The van der Waals surface area contributed by atoms with Crippen LogP contribution in [0.3, 0.4) is 0 Å². The van der Waals surface area contributed by atoms with Crippen LogP contribution >= 0.6 is 0 Å². The minimum Gasteiger partial charge on any atom is -0.406 e. The first-order valence-corrected chi connectivity index (χ1v) is 7.90. The number of hydrogen-bond donors (Lipinski definition) is 1. The van der Waals surface area contributed by atoms with E-state index in [9.17, 15) is 17.4 Å². The maximum atomic E-state index is 12.0. The zero-order valence-corrected chi connectivity index (χ0v) is 12.2. The van der Waals surface area contributed by atoms with Crippen LogP contribution in [-0.4, -0.2) is 29.1 Å². The summed E-state index contributed by atoms with van der Waals surface area (Å²) in [4.78, 5) is 0. The Bertz CT molecular complexity index is 434. The van der Waals surface area contributed by atoms with E-state index in [0.717, 1.165) is 12.0 Å². The Morgan fingerprint density at radius 2 is 1.90 bits per heavy atom. The van der Waals surface area contributed by atoms with Crippen molar-refractivity contribution in [3.8, 4) is 5.75 Å². The fourth-order valence-corrected chi connectivity index (χ4v) is 2.22. The Morgan fingerprint density at radius 1 is 1.30 bits per heavy atom. The average Bonchev–Trinajstić information content (AvgIpc) is 2.33. The topological polar surface area (TPSA) is 38.3 Å². The van der Waals surface area contributed by atoms with Crippen LogP contribution in [0.15, 0.2) is 24.3 Å². The van der Waals surface area contributed by atoms with Crippen LogP contribution in [0.2, 0.25) is 0 Å². The molecular formula is C13H18F3NO2S. The molecule has 0 saturated carbocycles. The second-order valence-electron chi connectivity index (χ2n) is 4.42. The standard InChI is InChI=1S/C13H18F3NO2S/c1-10(17-8-3-9-20(2)18)11-4-6-12(7-5-11)19-13(14,15)16/h4-7,10,17H,3,8-9H2,1-2H3. The van der Waals surface area contributed by atoms with Gasteiger partial charge in [-0.2, -0.15) is 0 Å². The lowest BCUT2D eigenvalue weighted by Gasteiger charge is -2.15. The number of ether oxygens (including phenoxy) is 1. The molecule has 114 valence electrons. The molecule has 0 aromatic heterocycles. The fourth-order valence-electron chi connectivity index (χ4n) is 1.67. The summed E-state index contributed by atoms with van der Waals surface area (Å²) in [5.41, 5.74) is 0.872. The first-order valence-electron chi connectivity index (χ1n) is 6.17. The van der Waals surface area contributed by atoms with Crippen LogP contribution < -0.4 is 10.1 Å². The van der Waals surface area contributed by atoms with Crippen molar-refractivity contribution in [2.45, 2.75) is 25.7 Å². The molecule has 1 rings (SSSR count). The molecule has 0 aliphatic heterocycles. The van der Waals surface area contributed by atoms with E-state index in [0.29, 0.717) is 12.3 Å². The van der Waals surface area contributed by atoms with E-state index >= 15 is 0 Å². The average molecular weight is 309 g/mol. The van der Waals surface area contributed by atoms with E-state index in [1.54, 1.807) is 18.4 Å². The molecule has 2 atom stereocenters. The molecule has 0 aliphatic carbocycles. The molecule has 1 aromatic carbocycles. The smallest absolute Gasteiger partial charge is 0.406 e. The summed E-state index contributed by atoms with van der Waals surface area (Å²) >= 11 is 0. The Labute approximate surface area is 119 Å². The molecule has 0 aliphatic rings. The van der Waals surface area contributed by atoms with Crippen molar-refractivity contribution in [3.63, 3.8) is 0 Å². The van der Waals surface area contributed by atoms with E-state index in [4.69, 9.17) is 0 Å². The lowest BCUT2D eigenvalue weighted by Crippen LogP contribution is -2.21. The lowest BCUT2D eigenvalue weighted by atomic mass is 10.1. The molecule has 0 radical (unpaired) electrons. The van der Waals surface area contributed by atoms with Gasteiger partial charge in [0.25, 0.3) is 0 Å². The van der Waals surface area contributed by atoms with Crippen LogP contribution in [0.1, 0.15) is 24.9 Å². The normalized spacial score (nSPS) is 14.8. The molecule has 1 aromatic rings. The van der Waals surface area contributed by atoms with Gasteiger partial charge in [0.15, 0.2) is 0 Å². The summed E-state index contributed by atoms with van der Waals surface area (Å²) in [6, 6.07) is 5.79. The Kier molecular flexibility index (Phi) is 6.48. The van der Waals surface area contributed by atoms with Crippen molar-refractivity contribution in [2.24, 2.45) is 0 Å². The van der Waals surface area contributed by atoms with Crippen molar-refractivity contribution < 1.29 is 22.1 Å². The zero-order chi connectivity index (χ0) is 15.2. The first-order chi connectivity index (χ1) is 9.28.